The van der Waals surface area contributed by atoms with E-state index >= 15 is 0 Å². The van der Waals surface area contributed by atoms with Gasteiger partial charge in [0.25, 0.3) is 0 Å². The van der Waals surface area contributed by atoms with Gasteiger partial charge < -0.3 is 25.3 Å². The molecule has 1 aliphatic heterocycles. The average molecular weight is 390 g/mol. The first-order valence-electron chi connectivity index (χ1n) is 8.14. The van der Waals surface area contributed by atoms with Crippen molar-refractivity contribution in [3.8, 4) is 11.5 Å². The number of nitrogens with zero attached hydrogens (tertiary/aromatic N) is 2. The molecule has 9 nitrogen and oxygen atoms in total. The summed E-state index contributed by atoms with van der Waals surface area (Å²) in [5, 5.41) is 2.59. The predicted octanol–water partition coefficient (Wildman–Crippen LogP) is 2.08. The highest BCUT2D eigenvalue weighted by Crippen LogP contribution is 2.34. The van der Waals surface area contributed by atoms with Gasteiger partial charge in [0.2, 0.25) is 12.7 Å². The lowest BCUT2D eigenvalue weighted by Gasteiger charge is -2.12. The third kappa shape index (κ3) is 4.40. The molecule has 0 fully saturated rings. The Morgan fingerprint density at radius 2 is 2.15 bits per heavy atom. The van der Waals surface area contributed by atoms with Crippen LogP contribution in [0, 0.1) is 0 Å². The summed E-state index contributed by atoms with van der Waals surface area (Å²) in [6.45, 7) is 3.80. The zero-order valence-corrected chi connectivity index (χ0v) is 15.5. The van der Waals surface area contributed by atoms with E-state index in [0.29, 0.717) is 17.2 Å². The minimum atomic E-state index is -0.583. The van der Waals surface area contributed by atoms with Gasteiger partial charge >= 0.3 is 5.97 Å². The summed E-state index contributed by atoms with van der Waals surface area (Å²) in [6, 6.07) is 5.15. The number of thioether (sulfide) groups is 1. The number of nitrogen functional groups attached to an aromatic ring is 1. The second-order valence-electron chi connectivity index (χ2n) is 5.49. The van der Waals surface area contributed by atoms with E-state index in [9.17, 15) is 9.59 Å². The van der Waals surface area contributed by atoms with Crippen molar-refractivity contribution >= 4 is 35.1 Å². The Kier molecular flexibility index (Phi) is 5.65. The van der Waals surface area contributed by atoms with Gasteiger partial charge in [-0.15, -0.1) is 0 Å². The number of rotatable bonds is 6. The van der Waals surface area contributed by atoms with Gasteiger partial charge in [0, 0.05) is 18.0 Å². The van der Waals surface area contributed by atoms with Gasteiger partial charge in [0.1, 0.15) is 11.4 Å². The highest BCUT2D eigenvalue weighted by Gasteiger charge is 2.20. The smallest absolute Gasteiger partial charge is 0.343 e. The minimum absolute atomic E-state index is 0.00864. The van der Waals surface area contributed by atoms with Gasteiger partial charge in [-0.2, -0.15) is 0 Å². The second kappa shape index (κ2) is 8.12. The van der Waals surface area contributed by atoms with E-state index < -0.39 is 11.2 Å². The van der Waals surface area contributed by atoms with Crippen molar-refractivity contribution in [2.75, 3.05) is 24.5 Å². The van der Waals surface area contributed by atoms with Crippen LogP contribution in [0.3, 0.4) is 0 Å². The molecule has 0 saturated carbocycles. The molecule has 0 spiro atoms. The van der Waals surface area contributed by atoms with E-state index in [1.165, 1.54) is 6.20 Å². The summed E-state index contributed by atoms with van der Waals surface area (Å²) in [7, 11) is 0. The Hall–Kier alpha value is -3.01. The van der Waals surface area contributed by atoms with Crippen LogP contribution in [0.1, 0.15) is 24.2 Å². The molecule has 1 amide bonds. The van der Waals surface area contributed by atoms with E-state index in [0.717, 1.165) is 11.8 Å². The zero-order chi connectivity index (χ0) is 19.4. The molecule has 0 radical (unpaired) electrons. The van der Waals surface area contributed by atoms with E-state index in [-0.39, 0.29) is 35.8 Å². The lowest BCUT2D eigenvalue weighted by molar-refractivity contribution is -0.115. The number of hydrogen-bond acceptors (Lipinski definition) is 9. The number of nitrogens with two attached hydrogens (primary N) is 1. The highest BCUT2D eigenvalue weighted by molar-refractivity contribution is 8.00. The van der Waals surface area contributed by atoms with Crippen molar-refractivity contribution in [1.29, 1.82) is 0 Å². The molecule has 1 aromatic heterocycles. The Bertz CT molecular complexity index is 876. The lowest BCUT2D eigenvalue weighted by Crippen LogP contribution is -2.22. The molecule has 0 aliphatic carbocycles. The summed E-state index contributed by atoms with van der Waals surface area (Å²) in [6.07, 6.45) is 1.30. The fourth-order valence-electron chi connectivity index (χ4n) is 2.23. The van der Waals surface area contributed by atoms with Crippen LogP contribution in [0.5, 0.6) is 11.5 Å². The van der Waals surface area contributed by atoms with Crippen LogP contribution in [-0.2, 0) is 9.53 Å². The van der Waals surface area contributed by atoms with Gasteiger partial charge in [-0.3, -0.25) is 4.79 Å². The first kappa shape index (κ1) is 18.8. The van der Waals surface area contributed by atoms with Crippen molar-refractivity contribution in [3.05, 3.63) is 30.0 Å². The maximum Gasteiger partial charge on any atom is 0.343 e. The fourth-order valence-corrected chi connectivity index (χ4v) is 2.98. The van der Waals surface area contributed by atoms with Crippen molar-refractivity contribution in [2.45, 2.75) is 24.3 Å². The Morgan fingerprint density at radius 1 is 1.37 bits per heavy atom. The van der Waals surface area contributed by atoms with Crippen molar-refractivity contribution < 1.29 is 23.8 Å². The molecule has 10 heteroatoms. The Labute approximate surface area is 159 Å². The molecule has 1 aromatic carbocycles. The van der Waals surface area contributed by atoms with Crippen LogP contribution in [0.25, 0.3) is 0 Å². The molecule has 2 aromatic rings. The summed E-state index contributed by atoms with van der Waals surface area (Å²) in [5.74, 6) is 0.407. The maximum atomic E-state index is 12.4. The third-order valence-electron chi connectivity index (χ3n) is 3.58. The number of anilines is 2. The van der Waals surface area contributed by atoms with E-state index in [1.54, 1.807) is 32.0 Å². The van der Waals surface area contributed by atoms with Crippen LogP contribution in [-0.4, -0.2) is 40.5 Å². The largest absolute Gasteiger partial charge is 0.462 e. The number of hydrogen-bond donors (Lipinski definition) is 2. The molecule has 3 N–H and O–H groups in total. The molecule has 1 aliphatic rings. The van der Waals surface area contributed by atoms with Gasteiger partial charge in [-0.05, 0) is 26.0 Å². The normalized spacial score (nSPS) is 13.1. The Morgan fingerprint density at radius 3 is 2.89 bits per heavy atom. The molecule has 0 bridgehead atoms. The summed E-state index contributed by atoms with van der Waals surface area (Å²) in [4.78, 5) is 32.3. The van der Waals surface area contributed by atoms with Gasteiger partial charge in [0.05, 0.1) is 11.9 Å². The number of fused-ring (bicyclic) bond motifs is 1. The quantitative estimate of drug-likeness (QED) is 0.433. The number of benzene rings is 1. The monoisotopic (exact) mass is 390 g/mol. The number of nitrogens with one attached hydrogen (secondary N) is 1. The number of carbonyl (C=O) groups is 2. The number of ether oxygens (including phenoxy) is 3. The molecule has 27 heavy (non-hydrogen) atoms. The molecule has 0 saturated heterocycles. The molecule has 3 rings (SSSR count). The molecule has 1 atom stereocenters. The van der Waals surface area contributed by atoms with E-state index in [4.69, 9.17) is 19.9 Å². The maximum absolute atomic E-state index is 12.4. The fraction of sp³-hybridized carbons (Fsp3) is 0.294. The van der Waals surface area contributed by atoms with E-state index in [1.807, 2.05) is 0 Å². The number of carbonyl (C=O) groups excluding carboxylic acids is 2. The zero-order valence-electron chi connectivity index (χ0n) is 14.7. The van der Waals surface area contributed by atoms with Crippen molar-refractivity contribution in [1.82, 2.24) is 9.97 Å². The molecule has 2 heterocycles. The topological polar surface area (TPSA) is 126 Å². The van der Waals surface area contributed by atoms with Crippen molar-refractivity contribution in [2.24, 2.45) is 0 Å². The summed E-state index contributed by atoms with van der Waals surface area (Å²) >= 11 is 1.12. The standard InChI is InChI=1S/C17H18N4O5S/c1-3-24-16(23)11-7-19-17(21-14(11)18)27-9(2)15(22)20-10-4-5-12-13(6-10)26-8-25-12/h4-7,9H,3,8H2,1-2H3,(H,20,22)(H2,18,19,21)/t9-/m1/s1. The van der Waals surface area contributed by atoms with Crippen LogP contribution >= 0.6 is 11.8 Å². The number of esters is 1. The average Bonchev–Trinajstić information content (AvgIpc) is 3.09. The van der Waals surface area contributed by atoms with Crippen LogP contribution < -0.4 is 20.5 Å². The van der Waals surface area contributed by atoms with Crippen LogP contribution in [0.2, 0.25) is 0 Å². The van der Waals surface area contributed by atoms with Crippen LogP contribution in [0.15, 0.2) is 29.6 Å². The summed E-state index contributed by atoms with van der Waals surface area (Å²) in [5.41, 5.74) is 6.48. The molecular formula is C17H18N4O5S. The predicted molar refractivity (Wildman–Crippen MR) is 98.9 cm³/mol. The summed E-state index contributed by atoms with van der Waals surface area (Å²) < 4.78 is 15.4. The first-order chi connectivity index (χ1) is 13.0. The second-order valence-corrected chi connectivity index (χ2v) is 6.80. The molecule has 0 unspecified atom stereocenters. The van der Waals surface area contributed by atoms with Gasteiger partial charge in [-0.25, -0.2) is 14.8 Å². The minimum Gasteiger partial charge on any atom is -0.462 e. The van der Waals surface area contributed by atoms with E-state index in [2.05, 4.69) is 15.3 Å². The van der Waals surface area contributed by atoms with Crippen molar-refractivity contribution in [3.63, 3.8) is 0 Å². The first-order valence-corrected chi connectivity index (χ1v) is 9.02. The van der Waals surface area contributed by atoms with Gasteiger partial charge in [0.15, 0.2) is 16.7 Å². The molecular weight excluding hydrogens is 372 g/mol. The SMILES string of the molecule is CCOC(=O)c1cnc(S[C@H](C)C(=O)Nc2ccc3c(c2)OCO3)nc1N. The lowest BCUT2D eigenvalue weighted by atomic mass is 10.2. The van der Waals surface area contributed by atoms with Gasteiger partial charge in [-0.1, -0.05) is 11.8 Å². The molecule has 142 valence electrons. The van der Waals surface area contributed by atoms with Crippen LogP contribution in [0.4, 0.5) is 11.5 Å². The number of aromatic nitrogens is 2. The number of amides is 1. The third-order valence-corrected chi connectivity index (χ3v) is 4.56. The highest BCUT2D eigenvalue weighted by atomic mass is 32.2. The Balaban J connectivity index is 1.62.